The number of nitrogens with one attached hydrogen (secondary N) is 1. The number of tetrazole rings is 1. The van der Waals surface area contributed by atoms with Gasteiger partial charge in [0.05, 0.1) is 12.6 Å². The summed E-state index contributed by atoms with van der Waals surface area (Å²) in [5.74, 6) is -0.0861. The van der Waals surface area contributed by atoms with Crippen molar-refractivity contribution < 1.29 is 19.1 Å². The summed E-state index contributed by atoms with van der Waals surface area (Å²) in [6, 6.07) is -1.15. The first-order chi connectivity index (χ1) is 10.3. The van der Waals surface area contributed by atoms with Gasteiger partial charge in [0, 0.05) is 0 Å². The molecule has 1 saturated heterocycles. The minimum atomic E-state index is -0.696. The summed E-state index contributed by atoms with van der Waals surface area (Å²) in [5.41, 5.74) is -0.666. The summed E-state index contributed by atoms with van der Waals surface area (Å²) < 4.78 is 10.5. The molecule has 9 nitrogen and oxygen atoms in total. The molecule has 1 aliphatic rings. The molecule has 0 saturated carbocycles. The van der Waals surface area contributed by atoms with Gasteiger partial charge in [-0.3, -0.25) is 4.90 Å². The zero-order valence-corrected chi connectivity index (χ0v) is 13.2. The second-order valence-electron chi connectivity index (χ2n) is 6.02. The number of carbonyl (C=O) groups is 2. The summed E-state index contributed by atoms with van der Waals surface area (Å²) in [7, 11) is 0. The highest BCUT2D eigenvalue weighted by atomic mass is 16.6. The minimum Gasteiger partial charge on any atom is -0.464 e. The number of aromatic nitrogens is 4. The summed E-state index contributed by atoms with van der Waals surface area (Å²) in [5, 5.41) is 13.7. The van der Waals surface area contributed by atoms with Gasteiger partial charge in [-0.2, -0.15) is 5.21 Å². The van der Waals surface area contributed by atoms with Crippen LogP contribution in [0.5, 0.6) is 0 Å². The van der Waals surface area contributed by atoms with Crippen molar-refractivity contribution in [2.75, 3.05) is 6.61 Å². The number of aromatic amines is 1. The lowest BCUT2D eigenvalue weighted by Gasteiger charge is -2.30. The number of rotatable bonds is 3. The summed E-state index contributed by atoms with van der Waals surface area (Å²) in [6.07, 6.45) is 0.428. The standard InChI is InChI=1S/C13H21N5O4/c1-5-21-11(19)9-7-6-8(10-14-16-17-15-10)18(9)12(20)22-13(2,3)4/h8-9H,5-7H2,1-4H3,(H,14,15,16,17)/t8-,9+/m1/s1. The maximum absolute atomic E-state index is 12.5. The molecule has 122 valence electrons. The lowest BCUT2D eigenvalue weighted by atomic mass is 10.2. The molecule has 22 heavy (non-hydrogen) atoms. The van der Waals surface area contributed by atoms with Crippen LogP contribution in [0.1, 0.15) is 52.4 Å². The zero-order chi connectivity index (χ0) is 16.3. The van der Waals surface area contributed by atoms with Gasteiger partial charge < -0.3 is 9.47 Å². The molecular formula is C13H21N5O4. The van der Waals surface area contributed by atoms with Crippen molar-refractivity contribution in [2.24, 2.45) is 0 Å². The van der Waals surface area contributed by atoms with Crippen LogP contribution in [0.4, 0.5) is 4.79 Å². The number of H-pyrrole nitrogens is 1. The Morgan fingerprint density at radius 1 is 1.36 bits per heavy atom. The molecule has 0 aliphatic carbocycles. The number of hydrogen-bond acceptors (Lipinski definition) is 7. The number of hydrogen-bond donors (Lipinski definition) is 1. The largest absolute Gasteiger partial charge is 0.464 e. The number of esters is 1. The molecule has 1 N–H and O–H groups in total. The molecule has 0 unspecified atom stereocenters. The Morgan fingerprint density at radius 3 is 2.64 bits per heavy atom. The Labute approximate surface area is 128 Å². The molecule has 2 rings (SSSR count). The van der Waals surface area contributed by atoms with Gasteiger partial charge >= 0.3 is 12.1 Å². The highest BCUT2D eigenvalue weighted by molar-refractivity contribution is 5.82. The van der Waals surface area contributed by atoms with Gasteiger partial charge in [0.15, 0.2) is 5.82 Å². The van der Waals surface area contributed by atoms with E-state index in [1.165, 1.54) is 4.90 Å². The quantitative estimate of drug-likeness (QED) is 0.835. The molecule has 0 radical (unpaired) electrons. The molecule has 1 aromatic heterocycles. The Kier molecular flexibility index (Phi) is 4.62. The molecule has 1 aliphatic heterocycles. The maximum atomic E-state index is 12.5. The van der Waals surface area contributed by atoms with Crippen LogP contribution in [-0.2, 0) is 14.3 Å². The van der Waals surface area contributed by atoms with Crippen LogP contribution in [0.3, 0.4) is 0 Å². The average molecular weight is 311 g/mol. The fourth-order valence-electron chi connectivity index (χ4n) is 2.41. The smallest absolute Gasteiger partial charge is 0.411 e. The Hall–Kier alpha value is -2.19. The third kappa shape index (κ3) is 3.52. The highest BCUT2D eigenvalue weighted by Crippen LogP contribution is 2.36. The molecular weight excluding hydrogens is 290 g/mol. The number of carbonyl (C=O) groups excluding carboxylic acids is 2. The van der Waals surface area contributed by atoms with Crippen LogP contribution in [-0.4, -0.2) is 55.8 Å². The first-order valence-corrected chi connectivity index (χ1v) is 7.24. The molecule has 1 amide bonds. The van der Waals surface area contributed by atoms with Crippen LogP contribution in [0.25, 0.3) is 0 Å². The van der Waals surface area contributed by atoms with Crippen molar-refractivity contribution in [1.82, 2.24) is 25.5 Å². The van der Waals surface area contributed by atoms with E-state index in [9.17, 15) is 9.59 Å². The Bertz CT molecular complexity index is 525. The van der Waals surface area contributed by atoms with Crippen LogP contribution in [0, 0.1) is 0 Å². The maximum Gasteiger partial charge on any atom is 0.411 e. The molecule has 1 aromatic rings. The van der Waals surface area contributed by atoms with Crippen molar-refractivity contribution in [3.8, 4) is 0 Å². The van der Waals surface area contributed by atoms with E-state index in [1.807, 2.05) is 0 Å². The Balaban J connectivity index is 2.25. The molecule has 1 fully saturated rings. The molecule has 0 spiro atoms. The van der Waals surface area contributed by atoms with Crippen LogP contribution in [0.15, 0.2) is 0 Å². The third-order valence-electron chi connectivity index (χ3n) is 3.21. The van der Waals surface area contributed by atoms with Gasteiger partial charge in [-0.25, -0.2) is 9.59 Å². The topological polar surface area (TPSA) is 110 Å². The monoisotopic (exact) mass is 311 g/mol. The van der Waals surface area contributed by atoms with E-state index in [0.29, 0.717) is 18.7 Å². The highest BCUT2D eigenvalue weighted by Gasteiger charge is 2.45. The van der Waals surface area contributed by atoms with Crippen molar-refractivity contribution in [1.29, 1.82) is 0 Å². The van der Waals surface area contributed by atoms with Gasteiger partial charge in [0.2, 0.25) is 0 Å². The van der Waals surface area contributed by atoms with Crippen LogP contribution >= 0.6 is 0 Å². The summed E-state index contributed by atoms with van der Waals surface area (Å²) in [6.45, 7) is 7.28. The molecule has 2 atom stereocenters. The predicted molar refractivity (Wildman–Crippen MR) is 74.6 cm³/mol. The van der Waals surface area contributed by atoms with Crippen LogP contribution in [0.2, 0.25) is 0 Å². The molecule has 2 heterocycles. The van der Waals surface area contributed by atoms with E-state index in [2.05, 4.69) is 20.6 Å². The van der Waals surface area contributed by atoms with Gasteiger partial charge in [-0.1, -0.05) is 5.21 Å². The first-order valence-electron chi connectivity index (χ1n) is 7.24. The van der Waals surface area contributed by atoms with Gasteiger partial charge in [-0.15, -0.1) is 10.2 Å². The second kappa shape index (κ2) is 6.29. The van der Waals surface area contributed by atoms with Gasteiger partial charge in [0.25, 0.3) is 0 Å². The van der Waals surface area contributed by atoms with E-state index in [4.69, 9.17) is 9.47 Å². The van der Waals surface area contributed by atoms with Crippen molar-refractivity contribution in [3.05, 3.63) is 5.82 Å². The van der Waals surface area contributed by atoms with Gasteiger partial charge in [0.1, 0.15) is 11.6 Å². The van der Waals surface area contributed by atoms with E-state index < -0.39 is 29.7 Å². The SMILES string of the molecule is CCOC(=O)[C@@H]1CC[C@H](c2nn[nH]n2)N1C(=O)OC(C)(C)C. The number of nitrogens with zero attached hydrogens (tertiary/aromatic N) is 4. The lowest BCUT2D eigenvalue weighted by molar-refractivity contribution is -0.148. The van der Waals surface area contributed by atoms with E-state index >= 15 is 0 Å². The molecule has 0 bridgehead atoms. The average Bonchev–Trinajstić information content (AvgIpc) is 3.05. The summed E-state index contributed by atoms with van der Waals surface area (Å²) in [4.78, 5) is 26.0. The van der Waals surface area contributed by atoms with Crippen molar-refractivity contribution in [2.45, 2.75) is 58.2 Å². The second-order valence-corrected chi connectivity index (χ2v) is 6.02. The fourth-order valence-corrected chi connectivity index (χ4v) is 2.41. The third-order valence-corrected chi connectivity index (χ3v) is 3.21. The van der Waals surface area contributed by atoms with E-state index in [1.54, 1.807) is 27.7 Å². The lowest BCUT2D eigenvalue weighted by Crippen LogP contribution is -2.45. The minimum absolute atomic E-state index is 0.254. The van der Waals surface area contributed by atoms with Crippen molar-refractivity contribution >= 4 is 12.1 Å². The number of amides is 1. The first kappa shape index (κ1) is 16.2. The Morgan fingerprint density at radius 2 is 2.09 bits per heavy atom. The van der Waals surface area contributed by atoms with Crippen molar-refractivity contribution in [3.63, 3.8) is 0 Å². The van der Waals surface area contributed by atoms with E-state index in [0.717, 1.165) is 0 Å². The fraction of sp³-hybridized carbons (Fsp3) is 0.769. The normalized spacial score (nSPS) is 21.7. The van der Waals surface area contributed by atoms with E-state index in [-0.39, 0.29) is 6.61 Å². The molecule has 0 aromatic carbocycles. The number of likely N-dealkylation sites (tertiary alicyclic amines) is 1. The molecule has 9 heteroatoms. The number of ether oxygens (including phenoxy) is 2. The predicted octanol–water partition coefficient (Wildman–Crippen LogP) is 1.20. The van der Waals surface area contributed by atoms with Gasteiger partial charge in [-0.05, 0) is 40.5 Å². The zero-order valence-electron chi connectivity index (χ0n) is 13.2. The van der Waals surface area contributed by atoms with Crippen LogP contribution < -0.4 is 0 Å². The summed E-state index contributed by atoms with van der Waals surface area (Å²) >= 11 is 0.